The van der Waals surface area contributed by atoms with E-state index in [1.807, 2.05) is 24.3 Å². The van der Waals surface area contributed by atoms with Crippen LogP contribution in [-0.4, -0.2) is 12.2 Å². The number of methoxy groups -OCH3 is 1. The van der Waals surface area contributed by atoms with Gasteiger partial charge in [-0.2, -0.15) is 0 Å². The first kappa shape index (κ1) is 14.9. The van der Waals surface area contributed by atoms with Crippen LogP contribution in [0.5, 0.6) is 5.75 Å². The minimum Gasteiger partial charge on any atom is -0.497 e. The maximum atomic E-state index is 10.4. The number of hydrogen-bond acceptors (Lipinski definition) is 2. The van der Waals surface area contributed by atoms with E-state index in [0.29, 0.717) is 5.02 Å². The summed E-state index contributed by atoms with van der Waals surface area (Å²) in [5.74, 6) is 0.736. The van der Waals surface area contributed by atoms with E-state index in [4.69, 9.17) is 16.3 Å². The van der Waals surface area contributed by atoms with Gasteiger partial charge in [0.05, 0.1) is 12.1 Å². The molecule has 2 aromatic carbocycles. The van der Waals surface area contributed by atoms with Gasteiger partial charge in [-0.05, 0) is 51.3 Å². The van der Waals surface area contributed by atoms with E-state index in [1.165, 1.54) is 0 Å². The monoisotopic (exact) mass is 404 g/mol. The number of hydrogen-bond donors (Lipinski definition) is 1. The predicted octanol–water partition coefficient (Wildman–Crippen LogP) is 4.96. The summed E-state index contributed by atoms with van der Waals surface area (Å²) >= 11 is 12.7. The van der Waals surface area contributed by atoms with Gasteiger partial charge in [-0.25, -0.2) is 0 Å². The Morgan fingerprint density at radius 2 is 1.84 bits per heavy atom. The van der Waals surface area contributed by atoms with E-state index < -0.39 is 6.10 Å². The van der Waals surface area contributed by atoms with E-state index in [1.54, 1.807) is 19.2 Å². The van der Waals surface area contributed by atoms with Crippen LogP contribution in [0.1, 0.15) is 17.2 Å². The lowest BCUT2D eigenvalue weighted by molar-refractivity contribution is 0.219. The molecule has 0 saturated carbocycles. The molecule has 1 N–H and O–H groups in total. The summed E-state index contributed by atoms with van der Waals surface area (Å²) in [5, 5.41) is 11.0. The normalized spacial score (nSPS) is 12.3. The number of halogens is 3. The van der Waals surface area contributed by atoms with E-state index in [9.17, 15) is 5.11 Å². The van der Waals surface area contributed by atoms with E-state index in [-0.39, 0.29) is 0 Å². The highest BCUT2D eigenvalue weighted by Crippen LogP contribution is 2.33. The van der Waals surface area contributed by atoms with Crippen LogP contribution in [0.2, 0.25) is 5.02 Å². The molecule has 2 aromatic rings. The Balaban J connectivity index is 2.38. The maximum absolute atomic E-state index is 10.4. The lowest BCUT2D eigenvalue weighted by Crippen LogP contribution is -2.01. The van der Waals surface area contributed by atoms with Crippen molar-refractivity contribution in [3.8, 4) is 5.75 Å². The largest absolute Gasteiger partial charge is 0.497 e. The zero-order valence-electron chi connectivity index (χ0n) is 10.0. The van der Waals surface area contributed by atoms with Crippen molar-refractivity contribution in [1.82, 2.24) is 0 Å². The van der Waals surface area contributed by atoms with Gasteiger partial charge in [0.25, 0.3) is 0 Å². The lowest BCUT2D eigenvalue weighted by atomic mass is 10.0. The average molecular weight is 407 g/mol. The van der Waals surface area contributed by atoms with Gasteiger partial charge in [-0.3, -0.25) is 0 Å². The Kier molecular flexibility index (Phi) is 4.90. The molecule has 0 aliphatic rings. The second kappa shape index (κ2) is 6.27. The lowest BCUT2D eigenvalue weighted by Gasteiger charge is -2.15. The number of aliphatic hydroxyl groups excluding tert-OH is 1. The van der Waals surface area contributed by atoms with Crippen molar-refractivity contribution in [2.75, 3.05) is 7.11 Å². The molecule has 2 rings (SSSR count). The Labute approximate surface area is 133 Å². The fraction of sp³-hybridized carbons (Fsp3) is 0.143. The molecule has 2 nitrogen and oxygen atoms in total. The highest BCUT2D eigenvalue weighted by molar-refractivity contribution is 9.10. The highest BCUT2D eigenvalue weighted by atomic mass is 79.9. The molecular weight excluding hydrogens is 395 g/mol. The molecule has 0 fully saturated rings. The predicted molar refractivity (Wildman–Crippen MR) is 83.9 cm³/mol. The van der Waals surface area contributed by atoms with Crippen molar-refractivity contribution in [2.24, 2.45) is 0 Å². The molecular formula is C14H11Br2ClO2. The second-order valence-electron chi connectivity index (χ2n) is 3.96. The van der Waals surface area contributed by atoms with Crippen LogP contribution in [0.3, 0.4) is 0 Å². The molecule has 5 heteroatoms. The van der Waals surface area contributed by atoms with Gasteiger partial charge >= 0.3 is 0 Å². The number of ether oxygens (including phenoxy) is 1. The number of benzene rings is 2. The number of aliphatic hydroxyl groups is 1. The van der Waals surface area contributed by atoms with Crippen molar-refractivity contribution in [3.63, 3.8) is 0 Å². The van der Waals surface area contributed by atoms with Gasteiger partial charge in [0.2, 0.25) is 0 Å². The first-order valence-electron chi connectivity index (χ1n) is 5.49. The Bertz CT molecular complexity index is 602. The van der Waals surface area contributed by atoms with Gasteiger partial charge in [0.1, 0.15) is 11.9 Å². The van der Waals surface area contributed by atoms with Crippen LogP contribution in [-0.2, 0) is 0 Å². The van der Waals surface area contributed by atoms with Crippen molar-refractivity contribution >= 4 is 43.5 Å². The van der Waals surface area contributed by atoms with E-state index in [0.717, 1.165) is 25.8 Å². The van der Waals surface area contributed by atoms with Crippen LogP contribution >= 0.6 is 43.5 Å². The molecule has 19 heavy (non-hydrogen) atoms. The Morgan fingerprint density at radius 1 is 1.11 bits per heavy atom. The summed E-state index contributed by atoms with van der Waals surface area (Å²) in [4.78, 5) is 0. The van der Waals surface area contributed by atoms with Gasteiger partial charge in [0, 0.05) is 8.95 Å². The van der Waals surface area contributed by atoms with Crippen molar-refractivity contribution < 1.29 is 9.84 Å². The van der Waals surface area contributed by atoms with Crippen molar-refractivity contribution in [1.29, 1.82) is 0 Å². The van der Waals surface area contributed by atoms with Crippen LogP contribution < -0.4 is 4.74 Å². The fourth-order valence-electron chi connectivity index (χ4n) is 1.72. The molecule has 0 aliphatic carbocycles. The van der Waals surface area contributed by atoms with Gasteiger partial charge in [-0.15, -0.1) is 0 Å². The highest BCUT2D eigenvalue weighted by Gasteiger charge is 2.15. The summed E-state index contributed by atoms with van der Waals surface area (Å²) in [5.41, 5.74) is 1.54. The zero-order valence-corrected chi connectivity index (χ0v) is 14.0. The van der Waals surface area contributed by atoms with Gasteiger partial charge < -0.3 is 9.84 Å². The van der Waals surface area contributed by atoms with Gasteiger partial charge in [0.15, 0.2) is 0 Å². The minimum atomic E-state index is -0.728. The SMILES string of the molecule is COc1ccc(C(O)c2ccc(Cl)c(Br)c2)c(Br)c1. The van der Waals surface area contributed by atoms with Crippen LogP contribution in [0.4, 0.5) is 0 Å². The molecule has 0 saturated heterocycles. The van der Waals surface area contributed by atoms with Crippen LogP contribution in [0.25, 0.3) is 0 Å². The molecule has 0 aromatic heterocycles. The molecule has 0 aliphatic heterocycles. The molecule has 1 atom stereocenters. The molecule has 100 valence electrons. The summed E-state index contributed by atoms with van der Waals surface area (Å²) < 4.78 is 6.69. The standard InChI is InChI=1S/C14H11Br2ClO2/c1-19-9-3-4-10(11(15)7-9)14(18)8-2-5-13(17)12(16)6-8/h2-7,14,18H,1H3. The third-order valence-electron chi connectivity index (χ3n) is 2.76. The smallest absolute Gasteiger partial charge is 0.120 e. The van der Waals surface area contributed by atoms with Crippen LogP contribution in [0, 0.1) is 0 Å². The second-order valence-corrected chi connectivity index (χ2v) is 6.08. The first-order valence-corrected chi connectivity index (χ1v) is 7.45. The van der Waals surface area contributed by atoms with Gasteiger partial charge in [-0.1, -0.05) is 39.7 Å². The molecule has 1 unspecified atom stereocenters. The molecule has 0 bridgehead atoms. The third-order valence-corrected chi connectivity index (χ3v) is 4.66. The van der Waals surface area contributed by atoms with E-state index in [2.05, 4.69) is 31.9 Å². The first-order chi connectivity index (χ1) is 9.02. The summed E-state index contributed by atoms with van der Waals surface area (Å²) in [7, 11) is 1.61. The van der Waals surface area contributed by atoms with Crippen molar-refractivity contribution in [2.45, 2.75) is 6.10 Å². The molecule has 0 radical (unpaired) electrons. The average Bonchev–Trinajstić information content (AvgIpc) is 2.41. The van der Waals surface area contributed by atoms with Crippen molar-refractivity contribution in [3.05, 3.63) is 61.5 Å². The summed E-state index contributed by atoms with van der Waals surface area (Å²) in [6.45, 7) is 0. The Morgan fingerprint density at radius 3 is 2.42 bits per heavy atom. The third kappa shape index (κ3) is 3.31. The topological polar surface area (TPSA) is 29.5 Å². The quantitative estimate of drug-likeness (QED) is 0.781. The molecule has 0 spiro atoms. The Hall–Kier alpha value is -0.550. The summed E-state index contributed by atoms with van der Waals surface area (Å²) in [6.07, 6.45) is -0.728. The zero-order chi connectivity index (χ0) is 14.0. The number of rotatable bonds is 3. The fourth-order valence-corrected chi connectivity index (χ4v) is 2.81. The van der Waals surface area contributed by atoms with E-state index >= 15 is 0 Å². The summed E-state index contributed by atoms with van der Waals surface area (Å²) in [6, 6.07) is 10.8. The molecule has 0 heterocycles. The van der Waals surface area contributed by atoms with Crippen LogP contribution in [0.15, 0.2) is 45.3 Å². The minimum absolute atomic E-state index is 0.616. The maximum Gasteiger partial charge on any atom is 0.120 e. The molecule has 0 amide bonds.